The van der Waals surface area contributed by atoms with E-state index in [1.54, 1.807) is 0 Å². The van der Waals surface area contributed by atoms with Crippen molar-refractivity contribution < 1.29 is 21.1 Å². The standard InChI is InChI=1S/C51H48N5.Pt/c1-33(2)39-23-17-24-40(34(3)4)47(39)48-49(35-18-10-9-11-19-35)56(52-50(48)51(5,6)7)38-28-29-42-41-22-12-13-25-43(41)55(46(42)31-38)37-21-16-20-36(30-37)54-32-53(8)44-26-14-15-27-45(44)54;/h9-29,32-34H,1-8H3;/q-3;. The number of nitrogens with zero attached hydrogens (tertiary/aromatic N) is 5. The molecule has 0 radical (unpaired) electrons. The fourth-order valence-electron chi connectivity index (χ4n) is 8.48. The fraction of sp³-hybridized carbons (Fsp3) is 0.216. The molecule has 1 aliphatic rings. The second-order valence-corrected chi connectivity index (χ2v) is 16.7. The SMILES string of the molecule is CC(C)c1cccc(C(C)C)c1-c1c(C(C)(C)C)nn(-c2[c-]c3c(cc2)c2ccccc2n3-c2[c-]c(N3[CH-]N(C)c4ccccc43)ccc2)c1-c1ccccc1.[Pt]. The van der Waals surface area contributed by atoms with Crippen LogP contribution in [0.3, 0.4) is 0 Å². The van der Waals surface area contributed by atoms with Gasteiger partial charge in [0.05, 0.1) is 11.4 Å². The molecule has 2 aromatic heterocycles. The zero-order valence-corrected chi connectivity index (χ0v) is 36.2. The minimum absolute atomic E-state index is 0. The van der Waals surface area contributed by atoms with E-state index >= 15 is 0 Å². The van der Waals surface area contributed by atoms with Crippen LogP contribution in [-0.2, 0) is 26.5 Å². The average molecular weight is 926 g/mol. The molecule has 0 atom stereocenters. The summed E-state index contributed by atoms with van der Waals surface area (Å²) in [6, 6.07) is 53.4. The van der Waals surface area contributed by atoms with Crippen LogP contribution < -0.4 is 9.80 Å². The first kappa shape index (κ1) is 38.5. The number of anilines is 3. The Hall–Kier alpha value is -5.38. The van der Waals surface area contributed by atoms with Crippen LogP contribution in [0.15, 0.2) is 127 Å². The summed E-state index contributed by atoms with van der Waals surface area (Å²) in [4.78, 5) is 4.38. The van der Waals surface area contributed by atoms with Gasteiger partial charge >= 0.3 is 0 Å². The average Bonchev–Trinajstić information content (AvgIpc) is 3.87. The molecule has 0 amide bonds. The van der Waals surface area contributed by atoms with Crippen LogP contribution in [0, 0.1) is 18.8 Å². The molecule has 0 fully saturated rings. The van der Waals surface area contributed by atoms with Gasteiger partial charge in [-0.25, -0.2) is 0 Å². The minimum Gasteiger partial charge on any atom is -0.504 e. The van der Waals surface area contributed by atoms with Crippen molar-refractivity contribution in [3.05, 3.63) is 163 Å². The Kier molecular flexibility index (Phi) is 10.0. The third kappa shape index (κ3) is 6.51. The van der Waals surface area contributed by atoms with Crippen LogP contribution in [-0.4, -0.2) is 21.4 Å². The van der Waals surface area contributed by atoms with Gasteiger partial charge in [-0.2, -0.15) is 23.9 Å². The van der Waals surface area contributed by atoms with Crippen molar-refractivity contribution in [3.63, 3.8) is 0 Å². The molecular weight excluding hydrogens is 878 g/mol. The Bertz CT molecular complexity index is 2720. The molecule has 8 aromatic rings. The number of para-hydroxylation sites is 3. The summed E-state index contributed by atoms with van der Waals surface area (Å²) in [6.07, 6.45) is 0. The molecule has 5 nitrogen and oxygen atoms in total. The van der Waals surface area contributed by atoms with Crippen molar-refractivity contribution in [2.75, 3.05) is 16.8 Å². The molecule has 0 aliphatic carbocycles. The maximum Gasteiger partial charge on any atom is 0.0797 e. The van der Waals surface area contributed by atoms with E-state index in [-0.39, 0.29) is 26.5 Å². The second-order valence-electron chi connectivity index (χ2n) is 16.7. The molecule has 0 saturated heterocycles. The van der Waals surface area contributed by atoms with E-state index in [2.05, 4.69) is 221 Å². The van der Waals surface area contributed by atoms with Gasteiger partial charge < -0.3 is 14.4 Å². The minimum atomic E-state index is -0.240. The van der Waals surface area contributed by atoms with Crippen molar-refractivity contribution >= 4 is 38.9 Å². The molecule has 0 saturated carbocycles. The molecular formula is C51H48N5Pt-3. The van der Waals surface area contributed by atoms with Crippen molar-refractivity contribution in [3.8, 4) is 33.8 Å². The predicted octanol–water partition coefficient (Wildman–Crippen LogP) is 13.2. The molecule has 9 rings (SSSR count). The number of hydrogen-bond donors (Lipinski definition) is 0. The first-order chi connectivity index (χ1) is 27.0. The molecule has 0 N–H and O–H groups in total. The van der Waals surface area contributed by atoms with Gasteiger partial charge in [-0.05, 0) is 64.8 Å². The summed E-state index contributed by atoms with van der Waals surface area (Å²) < 4.78 is 4.48. The third-order valence-corrected chi connectivity index (χ3v) is 11.1. The van der Waals surface area contributed by atoms with E-state index in [0.717, 1.165) is 56.1 Å². The van der Waals surface area contributed by atoms with Crippen molar-refractivity contribution in [1.29, 1.82) is 0 Å². The number of fused-ring (bicyclic) bond motifs is 4. The van der Waals surface area contributed by atoms with Crippen molar-refractivity contribution in [2.45, 2.75) is 65.7 Å². The summed E-state index contributed by atoms with van der Waals surface area (Å²) in [5.41, 5.74) is 15.5. The summed E-state index contributed by atoms with van der Waals surface area (Å²) in [7, 11) is 2.09. The van der Waals surface area contributed by atoms with E-state index < -0.39 is 0 Å². The van der Waals surface area contributed by atoms with Crippen LogP contribution in [0.1, 0.15) is 77.1 Å². The summed E-state index contributed by atoms with van der Waals surface area (Å²) in [5, 5.41) is 7.93. The molecule has 290 valence electrons. The van der Waals surface area contributed by atoms with Crippen LogP contribution in [0.4, 0.5) is 17.1 Å². The monoisotopic (exact) mass is 925 g/mol. The van der Waals surface area contributed by atoms with Crippen LogP contribution in [0.2, 0.25) is 0 Å². The van der Waals surface area contributed by atoms with E-state index in [4.69, 9.17) is 5.10 Å². The predicted molar refractivity (Wildman–Crippen MR) is 235 cm³/mol. The van der Waals surface area contributed by atoms with E-state index in [1.807, 2.05) is 0 Å². The van der Waals surface area contributed by atoms with Gasteiger partial charge in [0.1, 0.15) is 0 Å². The Labute approximate surface area is 351 Å². The quantitative estimate of drug-likeness (QED) is 0.149. The first-order valence-corrected chi connectivity index (χ1v) is 19.8. The summed E-state index contributed by atoms with van der Waals surface area (Å²) in [5.74, 6) is 0.669. The Morgan fingerprint density at radius 3 is 1.93 bits per heavy atom. The molecule has 3 heterocycles. The maximum atomic E-state index is 5.62. The third-order valence-electron chi connectivity index (χ3n) is 11.1. The summed E-state index contributed by atoms with van der Waals surface area (Å²) >= 11 is 0. The van der Waals surface area contributed by atoms with Gasteiger partial charge in [0.25, 0.3) is 0 Å². The van der Waals surface area contributed by atoms with Crippen LogP contribution in [0.5, 0.6) is 0 Å². The zero-order chi connectivity index (χ0) is 38.9. The van der Waals surface area contributed by atoms with Crippen molar-refractivity contribution in [2.24, 2.45) is 0 Å². The van der Waals surface area contributed by atoms with Gasteiger partial charge in [-0.15, -0.1) is 41.4 Å². The molecule has 6 aromatic carbocycles. The summed E-state index contributed by atoms with van der Waals surface area (Å²) in [6.45, 7) is 18.2. The van der Waals surface area contributed by atoms with Gasteiger partial charge in [0.15, 0.2) is 0 Å². The molecule has 57 heavy (non-hydrogen) atoms. The van der Waals surface area contributed by atoms with Gasteiger partial charge in [0.2, 0.25) is 0 Å². The molecule has 0 bridgehead atoms. The van der Waals surface area contributed by atoms with E-state index in [0.29, 0.717) is 11.8 Å². The number of rotatable bonds is 7. The smallest absolute Gasteiger partial charge is 0.0797 e. The molecule has 0 unspecified atom stereocenters. The zero-order valence-electron chi connectivity index (χ0n) is 33.9. The van der Waals surface area contributed by atoms with Gasteiger partial charge in [0, 0.05) is 54.5 Å². The second kappa shape index (κ2) is 14.8. The van der Waals surface area contributed by atoms with Crippen LogP contribution >= 0.6 is 0 Å². The fourth-order valence-corrected chi connectivity index (χ4v) is 8.48. The normalized spacial score (nSPS) is 12.9. The largest absolute Gasteiger partial charge is 0.504 e. The van der Waals surface area contributed by atoms with E-state index in [9.17, 15) is 0 Å². The molecule has 0 spiro atoms. The van der Waals surface area contributed by atoms with Crippen LogP contribution in [0.25, 0.3) is 55.6 Å². The van der Waals surface area contributed by atoms with Crippen molar-refractivity contribution in [1.82, 2.24) is 14.3 Å². The first-order valence-electron chi connectivity index (χ1n) is 19.8. The number of benzene rings is 6. The Balaban J connectivity index is 0.00000455. The Morgan fingerprint density at radius 2 is 1.23 bits per heavy atom. The number of aromatic nitrogens is 3. The maximum absolute atomic E-state index is 5.62. The number of hydrogen-bond acceptors (Lipinski definition) is 3. The van der Waals surface area contributed by atoms with E-state index in [1.165, 1.54) is 33.3 Å². The topological polar surface area (TPSA) is 29.2 Å². The molecule has 6 heteroatoms. The Morgan fingerprint density at radius 1 is 0.596 bits per heavy atom. The molecule has 1 aliphatic heterocycles. The van der Waals surface area contributed by atoms with Gasteiger partial charge in [-0.1, -0.05) is 139 Å². The van der Waals surface area contributed by atoms with Gasteiger partial charge in [-0.3, -0.25) is 4.68 Å².